The third-order valence-electron chi connectivity index (χ3n) is 4.19. The van der Waals surface area contributed by atoms with Gasteiger partial charge < -0.3 is 10.6 Å². The Morgan fingerprint density at radius 1 is 1.40 bits per heavy atom. The van der Waals surface area contributed by atoms with Crippen LogP contribution < -0.4 is 16.0 Å². The van der Waals surface area contributed by atoms with Crippen molar-refractivity contribution < 1.29 is 9.59 Å². The lowest BCUT2D eigenvalue weighted by atomic mass is 9.92. The second-order valence-corrected chi connectivity index (χ2v) is 5.42. The van der Waals surface area contributed by atoms with Gasteiger partial charge >= 0.3 is 6.03 Å². The predicted octanol–water partition coefficient (Wildman–Crippen LogP) is 0.326. The highest BCUT2D eigenvalue weighted by molar-refractivity contribution is 5.96. The average Bonchev–Trinajstić information content (AvgIpc) is 2.85. The minimum absolute atomic E-state index is 0. The number of imide groups is 1. The van der Waals surface area contributed by atoms with Crippen molar-refractivity contribution in [3.05, 3.63) is 0 Å². The zero-order valence-corrected chi connectivity index (χ0v) is 13.0. The summed E-state index contributed by atoms with van der Waals surface area (Å²) in [5, 5.41) is 8.47. The van der Waals surface area contributed by atoms with Gasteiger partial charge in [-0.25, -0.2) is 4.79 Å². The molecule has 2 aliphatic rings. The van der Waals surface area contributed by atoms with E-state index in [1.165, 1.54) is 6.42 Å². The summed E-state index contributed by atoms with van der Waals surface area (Å²) in [6, 6.07) is -0.0316. The minimum Gasteiger partial charge on any atom is -0.338 e. The molecule has 0 bridgehead atoms. The number of rotatable bonds is 3. The van der Waals surface area contributed by atoms with Gasteiger partial charge in [0.05, 0.1) is 6.04 Å². The molecule has 2 fully saturated rings. The van der Waals surface area contributed by atoms with E-state index in [9.17, 15) is 9.59 Å². The zero-order chi connectivity index (χ0) is 13.8. The zero-order valence-electron chi connectivity index (χ0n) is 12.1. The summed E-state index contributed by atoms with van der Waals surface area (Å²) in [7, 11) is 0. The van der Waals surface area contributed by atoms with Crippen molar-refractivity contribution in [3.63, 3.8) is 0 Å². The second-order valence-electron chi connectivity index (χ2n) is 5.42. The first-order chi connectivity index (χ1) is 9.11. The molecule has 3 amide bonds. The van der Waals surface area contributed by atoms with Crippen LogP contribution in [0, 0.1) is 5.92 Å². The smallest absolute Gasteiger partial charge is 0.321 e. The van der Waals surface area contributed by atoms with E-state index in [0.29, 0.717) is 18.5 Å². The van der Waals surface area contributed by atoms with E-state index in [2.05, 4.69) is 20.9 Å². The average molecular weight is 305 g/mol. The lowest BCUT2D eigenvalue weighted by Crippen LogP contribution is -2.54. The van der Waals surface area contributed by atoms with Crippen molar-refractivity contribution in [3.8, 4) is 0 Å². The third-order valence-corrected chi connectivity index (χ3v) is 4.19. The fourth-order valence-corrected chi connectivity index (χ4v) is 3.01. The molecule has 6 nitrogen and oxygen atoms in total. The van der Waals surface area contributed by atoms with E-state index in [1.807, 2.05) is 13.8 Å². The number of halogens is 1. The van der Waals surface area contributed by atoms with Gasteiger partial charge in [-0.3, -0.25) is 15.0 Å². The molecule has 3 N–H and O–H groups in total. The first-order valence-corrected chi connectivity index (χ1v) is 7.18. The van der Waals surface area contributed by atoms with Crippen molar-refractivity contribution in [2.75, 3.05) is 26.2 Å². The molecule has 0 aromatic carbocycles. The molecule has 116 valence electrons. The van der Waals surface area contributed by atoms with Crippen LogP contribution in [-0.4, -0.2) is 55.1 Å². The number of hydrogen-bond acceptors (Lipinski definition) is 4. The van der Waals surface area contributed by atoms with Crippen molar-refractivity contribution >= 4 is 24.3 Å². The van der Waals surface area contributed by atoms with Crippen molar-refractivity contribution in [2.24, 2.45) is 5.92 Å². The molecule has 0 aromatic rings. The van der Waals surface area contributed by atoms with E-state index in [0.717, 1.165) is 26.1 Å². The fraction of sp³-hybridized carbons (Fsp3) is 0.846. The Labute approximate surface area is 126 Å². The number of carbonyl (C=O) groups is 2. The first-order valence-electron chi connectivity index (χ1n) is 7.18. The monoisotopic (exact) mass is 304 g/mol. The Morgan fingerprint density at radius 2 is 2.15 bits per heavy atom. The van der Waals surface area contributed by atoms with Crippen LogP contribution >= 0.6 is 12.4 Å². The van der Waals surface area contributed by atoms with E-state index < -0.39 is 6.03 Å². The molecule has 0 radical (unpaired) electrons. The maximum atomic E-state index is 12.0. The Kier molecular flexibility index (Phi) is 6.71. The molecule has 2 saturated heterocycles. The number of amides is 3. The molecule has 3 atom stereocenters. The lowest BCUT2D eigenvalue weighted by Gasteiger charge is -2.37. The molecular weight excluding hydrogens is 280 g/mol. The molecule has 0 aromatic heterocycles. The Balaban J connectivity index is 0.00000200. The molecular formula is C13H25ClN4O2. The number of nitrogens with one attached hydrogen (secondary N) is 3. The van der Waals surface area contributed by atoms with Crippen LogP contribution in [0.1, 0.15) is 26.7 Å². The van der Waals surface area contributed by atoms with Gasteiger partial charge in [-0.2, -0.15) is 0 Å². The van der Waals surface area contributed by atoms with Gasteiger partial charge in [0, 0.05) is 25.7 Å². The Bertz CT molecular complexity index is 353. The van der Waals surface area contributed by atoms with Crippen LogP contribution in [0.5, 0.6) is 0 Å². The normalized spacial score (nSPS) is 27.1. The Hall–Kier alpha value is -0.850. The summed E-state index contributed by atoms with van der Waals surface area (Å²) in [6.07, 6.45) is 2.27. The Morgan fingerprint density at radius 3 is 2.85 bits per heavy atom. The van der Waals surface area contributed by atoms with Crippen molar-refractivity contribution in [1.82, 2.24) is 20.9 Å². The van der Waals surface area contributed by atoms with Gasteiger partial charge in [-0.1, -0.05) is 0 Å². The SMILES string of the molecule is CCNC(=O)NC(=O)C(C)N1CCC2NCCC2C1.Cl. The molecule has 2 rings (SSSR count). The first kappa shape index (κ1) is 17.2. The molecule has 20 heavy (non-hydrogen) atoms. The van der Waals surface area contributed by atoms with Crippen LogP contribution in [0.2, 0.25) is 0 Å². The number of hydrogen-bond donors (Lipinski definition) is 3. The molecule has 7 heteroatoms. The van der Waals surface area contributed by atoms with Gasteiger partial charge in [-0.05, 0) is 39.2 Å². The van der Waals surface area contributed by atoms with Gasteiger partial charge in [-0.15, -0.1) is 12.4 Å². The number of fused-ring (bicyclic) bond motifs is 1. The number of piperidine rings is 1. The standard InChI is InChI=1S/C13H24N4O2.ClH/c1-3-14-13(19)16-12(18)9(2)17-7-5-11-10(8-17)4-6-15-11;/h9-11,15H,3-8H2,1-2H3,(H2,14,16,18,19);1H. The van der Waals surface area contributed by atoms with Gasteiger partial charge in [0.2, 0.25) is 5.91 Å². The minimum atomic E-state index is -0.406. The summed E-state index contributed by atoms with van der Waals surface area (Å²) >= 11 is 0. The van der Waals surface area contributed by atoms with Crippen LogP contribution in [0.25, 0.3) is 0 Å². The number of carbonyl (C=O) groups excluding carboxylic acids is 2. The van der Waals surface area contributed by atoms with E-state index in [4.69, 9.17) is 0 Å². The fourth-order valence-electron chi connectivity index (χ4n) is 3.01. The molecule has 3 unspecified atom stereocenters. The molecule has 0 spiro atoms. The molecule has 0 saturated carbocycles. The third kappa shape index (κ3) is 4.07. The number of nitrogens with zero attached hydrogens (tertiary/aromatic N) is 1. The van der Waals surface area contributed by atoms with Gasteiger partial charge in [0.25, 0.3) is 0 Å². The summed E-state index contributed by atoms with van der Waals surface area (Å²) in [5.41, 5.74) is 0. The molecule has 2 aliphatic heterocycles. The summed E-state index contributed by atoms with van der Waals surface area (Å²) in [4.78, 5) is 25.5. The largest absolute Gasteiger partial charge is 0.338 e. The van der Waals surface area contributed by atoms with Gasteiger partial charge in [0.1, 0.15) is 0 Å². The molecule has 2 heterocycles. The summed E-state index contributed by atoms with van der Waals surface area (Å²) in [5.74, 6) is 0.434. The van der Waals surface area contributed by atoms with E-state index in [1.54, 1.807) is 0 Å². The van der Waals surface area contributed by atoms with E-state index in [-0.39, 0.29) is 24.4 Å². The maximum absolute atomic E-state index is 12.0. The van der Waals surface area contributed by atoms with Crippen LogP contribution in [0.4, 0.5) is 4.79 Å². The van der Waals surface area contributed by atoms with Crippen molar-refractivity contribution in [1.29, 1.82) is 0 Å². The number of likely N-dealkylation sites (tertiary alicyclic amines) is 1. The predicted molar refractivity (Wildman–Crippen MR) is 80.0 cm³/mol. The summed E-state index contributed by atoms with van der Waals surface area (Å²) < 4.78 is 0. The lowest BCUT2D eigenvalue weighted by molar-refractivity contribution is -0.125. The number of urea groups is 1. The van der Waals surface area contributed by atoms with E-state index >= 15 is 0 Å². The van der Waals surface area contributed by atoms with Crippen LogP contribution in [0.15, 0.2) is 0 Å². The van der Waals surface area contributed by atoms with Crippen LogP contribution in [-0.2, 0) is 4.79 Å². The topological polar surface area (TPSA) is 73.5 Å². The highest BCUT2D eigenvalue weighted by atomic mass is 35.5. The summed E-state index contributed by atoms with van der Waals surface area (Å²) in [6.45, 7) is 7.16. The molecule has 0 aliphatic carbocycles. The van der Waals surface area contributed by atoms with Crippen molar-refractivity contribution in [2.45, 2.75) is 38.8 Å². The maximum Gasteiger partial charge on any atom is 0.321 e. The van der Waals surface area contributed by atoms with Gasteiger partial charge in [0.15, 0.2) is 0 Å². The second kappa shape index (κ2) is 7.81. The quantitative estimate of drug-likeness (QED) is 0.702. The highest BCUT2D eigenvalue weighted by Gasteiger charge is 2.35. The highest BCUT2D eigenvalue weighted by Crippen LogP contribution is 2.25. The van der Waals surface area contributed by atoms with Crippen LogP contribution in [0.3, 0.4) is 0 Å².